The lowest BCUT2D eigenvalue weighted by Crippen LogP contribution is -2.26. The quantitative estimate of drug-likeness (QED) is 0.784. The molecule has 18 heavy (non-hydrogen) atoms. The highest BCUT2D eigenvalue weighted by Crippen LogP contribution is 2.20. The summed E-state index contributed by atoms with van der Waals surface area (Å²) in [6.45, 7) is 6.98. The highest BCUT2D eigenvalue weighted by Gasteiger charge is 2.09. The van der Waals surface area contributed by atoms with Crippen LogP contribution in [0.25, 0.3) is 0 Å². The van der Waals surface area contributed by atoms with Gasteiger partial charge >= 0.3 is 0 Å². The van der Waals surface area contributed by atoms with E-state index >= 15 is 0 Å². The Morgan fingerprint density at radius 3 is 2.33 bits per heavy atom. The van der Waals surface area contributed by atoms with Gasteiger partial charge in [-0.05, 0) is 24.5 Å². The van der Waals surface area contributed by atoms with E-state index in [0.717, 1.165) is 24.5 Å². The lowest BCUT2D eigenvalue weighted by molar-refractivity contribution is 0.671. The second-order valence-electron chi connectivity index (χ2n) is 4.53. The molecule has 0 spiro atoms. The van der Waals surface area contributed by atoms with Crippen LogP contribution < -0.4 is 10.6 Å². The summed E-state index contributed by atoms with van der Waals surface area (Å²) in [6, 6.07) is 2.02. The van der Waals surface area contributed by atoms with E-state index in [9.17, 15) is 0 Å². The monoisotopic (exact) mass is 269 g/mol. The van der Waals surface area contributed by atoms with Crippen molar-refractivity contribution < 1.29 is 0 Å². The third-order valence-corrected chi connectivity index (χ3v) is 3.37. The normalized spacial score (nSPS) is 10.7. The molecule has 1 aromatic heterocycles. The minimum absolute atomic E-state index is 0.462. The fourth-order valence-electron chi connectivity index (χ4n) is 1.84. The molecule has 1 heterocycles. The van der Waals surface area contributed by atoms with Crippen LogP contribution in [0.15, 0.2) is 12.3 Å². The molecule has 0 radical (unpaired) electrons. The molecule has 1 aromatic rings. The van der Waals surface area contributed by atoms with E-state index in [1.807, 2.05) is 6.07 Å². The highest BCUT2D eigenvalue weighted by molar-refractivity contribution is 6.31. The van der Waals surface area contributed by atoms with Gasteiger partial charge in [0.2, 0.25) is 0 Å². The summed E-state index contributed by atoms with van der Waals surface area (Å²) in [5.41, 5.74) is 6.66. The molecule has 0 atom stereocenters. The number of hydrogen-bond donors (Lipinski definition) is 1. The molecule has 0 aromatic carbocycles. The van der Waals surface area contributed by atoms with E-state index in [4.69, 9.17) is 17.3 Å². The Kier molecular flexibility index (Phi) is 7.06. The van der Waals surface area contributed by atoms with Crippen molar-refractivity contribution in [2.45, 2.75) is 46.1 Å². The summed E-state index contributed by atoms with van der Waals surface area (Å²) in [6.07, 6.45) is 6.47. The predicted octanol–water partition coefficient (Wildman–Crippen LogP) is 3.60. The van der Waals surface area contributed by atoms with E-state index in [-0.39, 0.29) is 0 Å². The summed E-state index contributed by atoms with van der Waals surface area (Å²) in [7, 11) is 0. The van der Waals surface area contributed by atoms with Gasteiger partial charge in [-0.3, -0.25) is 0 Å². The Balaban J connectivity index is 2.82. The zero-order valence-electron chi connectivity index (χ0n) is 11.5. The maximum absolute atomic E-state index is 6.05. The summed E-state index contributed by atoms with van der Waals surface area (Å²) in [5.74, 6) is 1.00. The standard InChI is InChI=1S/C14H24ClN3/c1-3-5-7-18(8-6-4-2)14-9-12(10-16)13(15)11-17-14/h9,11H,3-8,10,16H2,1-2H3. The van der Waals surface area contributed by atoms with Crippen molar-refractivity contribution in [3.05, 3.63) is 22.8 Å². The molecule has 0 fully saturated rings. The molecule has 4 heteroatoms. The van der Waals surface area contributed by atoms with Crippen molar-refractivity contribution in [1.29, 1.82) is 0 Å². The largest absolute Gasteiger partial charge is 0.357 e. The Morgan fingerprint density at radius 2 is 1.83 bits per heavy atom. The van der Waals surface area contributed by atoms with Crippen molar-refractivity contribution in [2.75, 3.05) is 18.0 Å². The highest BCUT2D eigenvalue weighted by atomic mass is 35.5. The van der Waals surface area contributed by atoms with Gasteiger partial charge in [0.05, 0.1) is 5.02 Å². The number of unbranched alkanes of at least 4 members (excludes halogenated alkanes) is 2. The first kappa shape index (κ1) is 15.3. The van der Waals surface area contributed by atoms with Gasteiger partial charge in [-0.25, -0.2) is 4.98 Å². The molecule has 0 amide bonds. The topological polar surface area (TPSA) is 42.1 Å². The molecule has 102 valence electrons. The van der Waals surface area contributed by atoms with Crippen molar-refractivity contribution in [1.82, 2.24) is 4.98 Å². The first-order chi connectivity index (χ1) is 8.72. The van der Waals surface area contributed by atoms with E-state index < -0.39 is 0 Å². The molecule has 0 aliphatic heterocycles. The summed E-state index contributed by atoms with van der Waals surface area (Å²) >= 11 is 6.05. The Morgan fingerprint density at radius 1 is 1.22 bits per heavy atom. The van der Waals surface area contributed by atoms with Crippen LogP contribution in [0.3, 0.4) is 0 Å². The minimum atomic E-state index is 0.462. The number of pyridine rings is 1. The molecule has 0 bridgehead atoms. The molecular weight excluding hydrogens is 246 g/mol. The molecule has 0 saturated carbocycles. The number of aromatic nitrogens is 1. The van der Waals surface area contributed by atoms with Crippen LogP contribution in [0.5, 0.6) is 0 Å². The third-order valence-electron chi connectivity index (χ3n) is 3.03. The fraction of sp³-hybridized carbons (Fsp3) is 0.643. The van der Waals surface area contributed by atoms with Gasteiger partial charge in [-0.15, -0.1) is 0 Å². The lowest BCUT2D eigenvalue weighted by atomic mass is 10.2. The van der Waals surface area contributed by atoms with Gasteiger partial charge in [0.1, 0.15) is 5.82 Å². The van der Waals surface area contributed by atoms with Gasteiger partial charge in [0, 0.05) is 25.8 Å². The zero-order valence-corrected chi connectivity index (χ0v) is 12.2. The number of hydrogen-bond acceptors (Lipinski definition) is 3. The second-order valence-corrected chi connectivity index (χ2v) is 4.94. The summed E-state index contributed by atoms with van der Waals surface area (Å²) in [4.78, 5) is 6.77. The zero-order chi connectivity index (χ0) is 13.4. The maximum atomic E-state index is 6.05. The number of rotatable bonds is 8. The van der Waals surface area contributed by atoms with Gasteiger partial charge in [0.25, 0.3) is 0 Å². The van der Waals surface area contributed by atoms with Crippen LogP contribution in [0, 0.1) is 0 Å². The smallest absolute Gasteiger partial charge is 0.128 e. The molecular formula is C14H24ClN3. The lowest BCUT2D eigenvalue weighted by Gasteiger charge is -2.24. The number of anilines is 1. The Bertz CT molecular complexity index is 347. The molecule has 0 saturated heterocycles. The van der Waals surface area contributed by atoms with E-state index in [1.165, 1.54) is 25.7 Å². The van der Waals surface area contributed by atoms with Crippen molar-refractivity contribution in [3.63, 3.8) is 0 Å². The van der Waals surface area contributed by atoms with Gasteiger partial charge in [-0.2, -0.15) is 0 Å². The van der Waals surface area contributed by atoms with Crippen molar-refractivity contribution in [2.24, 2.45) is 5.73 Å². The molecule has 0 aliphatic carbocycles. The summed E-state index contributed by atoms with van der Waals surface area (Å²) in [5, 5.41) is 0.659. The van der Waals surface area contributed by atoms with E-state index in [1.54, 1.807) is 6.20 Å². The summed E-state index contributed by atoms with van der Waals surface area (Å²) < 4.78 is 0. The third kappa shape index (κ3) is 4.46. The predicted molar refractivity (Wildman–Crippen MR) is 79.2 cm³/mol. The Labute approximate surface area is 115 Å². The van der Waals surface area contributed by atoms with Crippen molar-refractivity contribution >= 4 is 17.4 Å². The second kappa shape index (κ2) is 8.33. The van der Waals surface area contributed by atoms with Crippen LogP contribution in [-0.2, 0) is 6.54 Å². The number of halogens is 1. The number of nitrogens with two attached hydrogens (primary N) is 1. The molecule has 0 unspecified atom stereocenters. The van der Waals surface area contributed by atoms with E-state index in [0.29, 0.717) is 11.6 Å². The fourth-order valence-corrected chi connectivity index (χ4v) is 2.02. The molecule has 1 rings (SSSR count). The van der Waals surface area contributed by atoms with Gasteiger partial charge in [0.15, 0.2) is 0 Å². The number of nitrogens with zero attached hydrogens (tertiary/aromatic N) is 2. The van der Waals surface area contributed by atoms with Crippen LogP contribution in [0.4, 0.5) is 5.82 Å². The average molecular weight is 270 g/mol. The first-order valence-electron chi connectivity index (χ1n) is 6.82. The van der Waals surface area contributed by atoms with Gasteiger partial charge in [-0.1, -0.05) is 38.3 Å². The van der Waals surface area contributed by atoms with Crippen LogP contribution in [-0.4, -0.2) is 18.1 Å². The molecule has 2 N–H and O–H groups in total. The van der Waals surface area contributed by atoms with Crippen LogP contribution in [0.1, 0.15) is 45.1 Å². The van der Waals surface area contributed by atoms with Crippen LogP contribution >= 0.6 is 11.6 Å². The van der Waals surface area contributed by atoms with E-state index in [2.05, 4.69) is 23.7 Å². The molecule has 3 nitrogen and oxygen atoms in total. The molecule has 0 aliphatic rings. The van der Waals surface area contributed by atoms with Crippen molar-refractivity contribution in [3.8, 4) is 0 Å². The minimum Gasteiger partial charge on any atom is -0.357 e. The average Bonchev–Trinajstić information content (AvgIpc) is 2.40. The maximum Gasteiger partial charge on any atom is 0.128 e. The SMILES string of the molecule is CCCCN(CCCC)c1cc(CN)c(Cl)cn1. The Hall–Kier alpha value is -0.800. The van der Waals surface area contributed by atoms with Gasteiger partial charge < -0.3 is 10.6 Å². The van der Waals surface area contributed by atoms with Crippen LogP contribution in [0.2, 0.25) is 5.02 Å². The first-order valence-corrected chi connectivity index (χ1v) is 7.20.